The van der Waals surface area contributed by atoms with Gasteiger partial charge in [-0.2, -0.15) is 0 Å². The van der Waals surface area contributed by atoms with Gasteiger partial charge in [-0.05, 0) is 29.5 Å². The minimum atomic E-state index is -0.0736. The van der Waals surface area contributed by atoms with E-state index in [0.29, 0.717) is 18.8 Å². The highest BCUT2D eigenvalue weighted by molar-refractivity contribution is 5.92. The number of likely N-dealkylation sites (tertiary alicyclic amines) is 1. The zero-order valence-corrected chi connectivity index (χ0v) is 14.0. The van der Waals surface area contributed by atoms with Gasteiger partial charge in [0.1, 0.15) is 5.76 Å². The van der Waals surface area contributed by atoms with Gasteiger partial charge in [-0.1, -0.05) is 45.0 Å². The van der Waals surface area contributed by atoms with E-state index in [1.54, 1.807) is 11.0 Å². The first-order valence-electron chi connectivity index (χ1n) is 8.10. The fourth-order valence-electron chi connectivity index (χ4n) is 2.87. The lowest BCUT2D eigenvalue weighted by molar-refractivity contribution is 0.0760. The van der Waals surface area contributed by atoms with Crippen LogP contribution in [0.2, 0.25) is 0 Å². The number of hydrogen-bond donors (Lipinski definition) is 1. The second-order valence-corrected chi connectivity index (χ2v) is 7.29. The number of furan rings is 1. The monoisotopic (exact) mass is 312 g/mol. The van der Waals surface area contributed by atoms with Crippen LogP contribution < -0.4 is 5.73 Å². The van der Waals surface area contributed by atoms with Crippen molar-refractivity contribution >= 4 is 5.91 Å². The van der Waals surface area contributed by atoms with Crippen molar-refractivity contribution in [2.45, 2.75) is 38.6 Å². The summed E-state index contributed by atoms with van der Waals surface area (Å²) in [7, 11) is 0. The minimum absolute atomic E-state index is 0.0736. The van der Waals surface area contributed by atoms with Crippen molar-refractivity contribution in [3.05, 3.63) is 47.7 Å². The van der Waals surface area contributed by atoms with Crippen LogP contribution in [0.5, 0.6) is 0 Å². The standard InChI is InChI=1S/C19H24N2O2/c1-19(2,3)14-6-4-13(5-7-14)16-8-9-17(23-16)18(22)21-11-10-15(20)12-21/h4-9,15H,10-12,20H2,1-3H3/t15-/m1/s1. The van der Waals surface area contributed by atoms with E-state index in [-0.39, 0.29) is 17.4 Å². The quantitative estimate of drug-likeness (QED) is 0.924. The summed E-state index contributed by atoms with van der Waals surface area (Å²) in [5.74, 6) is 1.03. The maximum absolute atomic E-state index is 12.4. The Kier molecular flexibility index (Phi) is 4.02. The molecule has 0 radical (unpaired) electrons. The lowest BCUT2D eigenvalue weighted by atomic mass is 9.86. The van der Waals surface area contributed by atoms with Gasteiger partial charge in [-0.3, -0.25) is 4.79 Å². The molecule has 0 spiro atoms. The number of carbonyl (C=O) groups is 1. The summed E-state index contributed by atoms with van der Waals surface area (Å²) in [6, 6.07) is 12.0. The van der Waals surface area contributed by atoms with Crippen LogP contribution in [-0.2, 0) is 5.41 Å². The first-order valence-corrected chi connectivity index (χ1v) is 8.10. The number of carbonyl (C=O) groups excluding carboxylic acids is 1. The summed E-state index contributed by atoms with van der Waals surface area (Å²) in [6.45, 7) is 7.87. The van der Waals surface area contributed by atoms with Gasteiger partial charge in [-0.25, -0.2) is 0 Å². The summed E-state index contributed by atoms with van der Waals surface area (Å²) in [4.78, 5) is 14.2. The maximum Gasteiger partial charge on any atom is 0.289 e. The van der Waals surface area contributed by atoms with E-state index in [9.17, 15) is 4.79 Å². The van der Waals surface area contributed by atoms with Crippen LogP contribution in [0.15, 0.2) is 40.8 Å². The van der Waals surface area contributed by atoms with Gasteiger partial charge in [0, 0.05) is 24.7 Å². The Morgan fingerprint density at radius 1 is 1.17 bits per heavy atom. The molecule has 2 N–H and O–H groups in total. The molecule has 1 amide bonds. The van der Waals surface area contributed by atoms with Crippen molar-refractivity contribution in [1.29, 1.82) is 0 Å². The summed E-state index contributed by atoms with van der Waals surface area (Å²) in [5, 5.41) is 0. The van der Waals surface area contributed by atoms with Crippen LogP contribution >= 0.6 is 0 Å². The molecule has 2 heterocycles. The Morgan fingerprint density at radius 3 is 2.43 bits per heavy atom. The predicted molar refractivity (Wildman–Crippen MR) is 91.3 cm³/mol. The highest BCUT2D eigenvalue weighted by Gasteiger charge is 2.26. The molecule has 4 nitrogen and oxygen atoms in total. The molecule has 1 aliphatic heterocycles. The zero-order chi connectivity index (χ0) is 16.6. The van der Waals surface area contributed by atoms with Crippen LogP contribution in [0.1, 0.15) is 43.3 Å². The largest absolute Gasteiger partial charge is 0.451 e. The first-order chi connectivity index (χ1) is 10.8. The molecule has 0 saturated carbocycles. The molecule has 4 heteroatoms. The summed E-state index contributed by atoms with van der Waals surface area (Å²) >= 11 is 0. The first kappa shape index (κ1) is 15.8. The van der Waals surface area contributed by atoms with Crippen LogP contribution in [0.25, 0.3) is 11.3 Å². The molecule has 0 unspecified atom stereocenters. The molecule has 1 aromatic heterocycles. The number of nitrogens with zero attached hydrogens (tertiary/aromatic N) is 1. The highest BCUT2D eigenvalue weighted by atomic mass is 16.4. The number of benzene rings is 1. The lowest BCUT2D eigenvalue weighted by Gasteiger charge is -2.18. The SMILES string of the molecule is CC(C)(C)c1ccc(-c2ccc(C(=O)N3CC[C@@H](N)C3)o2)cc1. The van der Waals surface area contributed by atoms with Gasteiger partial charge in [0.2, 0.25) is 0 Å². The van der Waals surface area contributed by atoms with Gasteiger partial charge >= 0.3 is 0 Å². The normalized spacial score (nSPS) is 18.4. The number of nitrogens with two attached hydrogens (primary N) is 1. The second-order valence-electron chi connectivity index (χ2n) is 7.29. The van der Waals surface area contributed by atoms with E-state index in [0.717, 1.165) is 17.7 Å². The smallest absolute Gasteiger partial charge is 0.289 e. The van der Waals surface area contributed by atoms with E-state index in [1.807, 2.05) is 18.2 Å². The molecule has 0 aliphatic carbocycles. The van der Waals surface area contributed by atoms with Crippen molar-refractivity contribution in [2.75, 3.05) is 13.1 Å². The Morgan fingerprint density at radius 2 is 1.87 bits per heavy atom. The average molecular weight is 312 g/mol. The van der Waals surface area contributed by atoms with Gasteiger partial charge in [0.05, 0.1) is 0 Å². The lowest BCUT2D eigenvalue weighted by Crippen LogP contribution is -2.31. The Balaban J connectivity index is 1.78. The van der Waals surface area contributed by atoms with Crippen LogP contribution in [0.4, 0.5) is 0 Å². The van der Waals surface area contributed by atoms with E-state index >= 15 is 0 Å². The van der Waals surface area contributed by atoms with Gasteiger partial charge in [0.25, 0.3) is 5.91 Å². The van der Waals surface area contributed by atoms with E-state index in [2.05, 4.69) is 32.9 Å². The van der Waals surface area contributed by atoms with Crippen LogP contribution in [0, 0.1) is 0 Å². The summed E-state index contributed by atoms with van der Waals surface area (Å²) in [5.41, 5.74) is 8.24. The third-order valence-corrected chi connectivity index (χ3v) is 4.36. The number of amides is 1. The van der Waals surface area contributed by atoms with Gasteiger partial charge in [-0.15, -0.1) is 0 Å². The van der Waals surface area contributed by atoms with Crippen molar-refractivity contribution in [3.63, 3.8) is 0 Å². The highest BCUT2D eigenvalue weighted by Crippen LogP contribution is 2.27. The summed E-state index contributed by atoms with van der Waals surface area (Å²) in [6.07, 6.45) is 0.855. The number of hydrogen-bond acceptors (Lipinski definition) is 3. The van der Waals surface area contributed by atoms with E-state index in [4.69, 9.17) is 10.2 Å². The Hall–Kier alpha value is -2.07. The molecule has 1 fully saturated rings. The van der Waals surface area contributed by atoms with Crippen molar-refractivity contribution < 1.29 is 9.21 Å². The van der Waals surface area contributed by atoms with E-state index in [1.165, 1.54) is 5.56 Å². The molecular formula is C19H24N2O2. The number of rotatable bonds is 2. The topological polar surface area (TPSA) is 59.5 Å². The fraction of sp³-hybridized carbons (Fsp3) is 0.421. The average Bonchev–Trinajstić information content (AvgIpc) is 3.15. The molecule has 1 aromatic carbocycles. The van der Waals surface area contributed by atoms with Crippen LogP contribution in [-0.4, -0.2) is 29.9 Å². The molecule has 1 saturated heterocycles. The van der Waals surface area contributed by atoms with Gasteiger partial charge in [0.15, 0.2) is 5.76 Å². The minimum Gasteiger partial charge on any atom is -0.451 e. The molecule has 122 valence electrons. The zero-order valence-electron chi connectivity index (χ0n) is 14.0. The molecule has 23 heavy (non-hydrogen) atoms. The molecule has 0 bridgehead atoms. The second kappa shape index (κ2) is 5.85. The van der Waals surface area contributed by atoms with Crippen molar-refractivity contribution in [1.82, 2.24) is 4.90 Å². The molecule has 1 atom stereocenters. The Bertz CT molecular complexity index is 695. The molecular weight excluding hydrogens is 288 g/mol. The third kappa shape index (κ3) is 3.32. The Labute approximate surface area is 137 Å². The molecule has 1 aliphatic rings. The predicted octanol–water partition coefficient (Wildman–Crippen LogP) is 3.42. The third-order valence-electron chi connectivity index (χ3n) is 4.36. The molecule has 3 rings (SSSR count). The molecule has 2 aromatic rings. The van der Waals surface area contributed by atoms with Crippen LogP contribution in [0.3, 0.4) is 0 Å². The van der Waals surface area contributed by atoms with Gasteiger partial charge < -0.3 is 15.1 Å². The fourth-order valence-corrected chi connectivity index (χ4v) is 2.87. The summed E-state index contributed by atoms with van der Waals surface area (Å²) < 4.78 is 5.77. The van der Waals surface area contributed by atoms with E-state index < -0.39 is 0 Å². The maximum atomic E-state index is 12.4. The van der Waals surface area contributed by atoms with Crippen molar-refractivity contribution in [3.8, 4) is 11.3 Å². The van der Waals surface area contributed by atoms with Crippen molar-refractivity contribution in [2.24, 2.45) is 5.73 Å².